The van der Waals surface area contributed by atoms with Gasteiger partial charge in [-0.1, -0.05) is 19.1 Å². The number of ether oxygens (including phenoxy) is 1. The van der Waals surface area contributed by atoms with Crippen molar-refractivity contribution in [3.63, 3.8) is 0 Å². The lowest BCUT2D eigenvalue weighted by Gasteiger charge is -2.50. The highest BCUT2D eigenvalue weighted by molar-refractivity contribution is 5.75. The van der Waals surface area contributed by atoms with Gasteiger partial charge in [-0.15, -0.1) is 0 Å². The summed E-state index contributed by atoms with van der Waals surface area (Å²) in [6.07, 6.45) is 9.45. The molecule has 0 spiro atoms. The molecular formula is C23H33NO3. The first kappa shape index (κ1) is 18.8. The summed E-state index contributed by atoms with van der Waals surface area (Å²) in [4.78, 5) is 12.6. The number of hydrogen-bond donors (Lipinski definition) is 1. The van der Waals surface area contributed by atoms with Crippen LogP contribution in [0.3, 0.4) is 0 Å². The summed E-state index contributed by atoms with van der Waals surface area (Å²) in [5.41, 5.74) is 1.68. The zero-order chi connectivity index (χ0) is 19.0. The number of hydrogen-bond acceptors (Lipinski definition) is 4. The number of fused-ring (bicyclic) bond motifs is 2. The number of allylic oxidation sites excluding steroid dienone is 1. The van der Waals surface area contributed by atoms with Crippen LogP contribution in [-0.4, -0.2) is 24.7 Å². The number of aryl methyl sites for hydroxylation is 1. The van der Waals surface area contributed by atoms with E-state index in [4.69, 9.17) is 9.15 Å². The van der Waals surface area contributed by atoms with Crippen LogP contribution in [0.5, 0.6) is 0 Å². The molecule has 2 aliphatic carbocycles. The first-order chi connectivity index (χ1) is 13.0. The van der Waals surface area contributed by atoms with Crippen molar-refractivity contribution in [1.29, 1.82) is 0 Å². The maximum absolute atomic E-state index is 12.6. The second kappa shape index (κ2) is 7.46. The predicted molar refractivity (Wildman–Crippen MR) is 105 cm³/mol. The molecule has 1 saturated heterocycles. The highest BCUT2D eigenvalue weighted by Gasteiger charge is 2.54. The Hall–Kier alpha value is -1.55. The molecule has 0 amide bonds. The van der Waals surface area contributed by atoms with Crippen molar-refractivity contribution in [3.8, 4) is 0 Å². The molecule has 148 valence electrons. The summed E-state index contributed by atoms with van der Waals surface area (Å²) in [6.45, 7) is 9.66. The monoisotopic (exact) mass is 371 g/mol. The van der Waals surface area contributed by atoms with Crippen LogP contribution in [0.1, 0.15) is 58.1 Å². The predicted octanol–water partition coefficient (Wildman–Crippen LogP) is 4.50. The lowest BCUT2D eigenvalue weighted by Crippen LogP contribution is -2.45. The highest BCUT2D eigenvalue weighted by atomic mass is 16.6. The lowest BCUT2D eigenvalue weighted by molar-refractivity contribution is -0.146. The Kier molecular flexibility index (Phi) is 5.19. The molecule has 2 saturated carbocycles. The fourth-order valence-corrected chi connectivity index (χ4v) is 5.73. The fraction of sp³-hybridized carbons (Fsp3) is 0.696. The third kappa shape index (κ3) is 3.73. The Morgan fingerprint density at radius 2 is 2.30 bits per heavy atom. The quantitative estimate of drug-likeness (QED) is 0.591. The number of furan rings is 1. The van der Waals surface area contributed by atoms with E-state index in [1.165, 1.54) is 18.4 Å². The van der Waals surface area contributed by atoms with Gasteiger partial charge < -0.3 is 14.5 Å². The third-order valence-electron chi connectivity index (χ3n) is 7.41. The molecule has 3 aliphatic rings. The average Bonchev–Trinajstić information content (AvgIpc) is 3.23. The molecular weight excluding hydrogens is 338 g/mol. The molecule has 2 heterocycles. The Bertz CT molecular complexity index is 682. The summed E-state index contributed by atoms with van der Waals surface area (Å²) in [6, 6.07) is 4.29. The Balaban J connectivity index is 1.34. The van der Waals surface area contributed by atoms with Gasteiger partial charge in [-0.25, -0.2) is 0 Å². The molecule has 4 nitrogen and oxygen atoms in total. The van der Waals surface area contributed by atoms with Gasteiger partial charge in [0.05, 0.1) is 12.2 Å². The van der Waals surface area contributed by atoms with Crippen molar-refractivity contribution in [2.45, 2.75) is 70.9 Å². The van der Waals surface area contributed by atoms with Crippen LogP contribution in [0.25, 0.3) is 0 Å². The fourth-order valence-electron chi connectivity index (χ4n) is 5.73. The number of carbonyl (C=O) groups is 1. The summed E-state index contributed by atoms with van der Waals surface area (Å²) < 4.78 is 11.3. The standard InChI is InChI=1S/C23H33NO3/c1-15-6-4-10-23(3)13-21-18(12-20(15)23)19(22(25)27-21)14-24-16(2)8-9-17-7-5-11-26-17/h5,7,11,16,18-21,24H,1,4,6,8-10,12-14H2,2-3H3/t16-,18+,19-,20+,21+,23-/m1/s1. The molecule has 4 heteroatoms. The van der Waals surface area contributed by atoms with E-state index < -0.39 is 0 Å². The molecule has 1 N–H and O–H groups in total. The van der Waals surface area contributed by atoms with Crippen LogP contribution >= 0.6 is 0 Å². The van der Waals surface area contributed by atoms with Gasteiger partial charge in [-0.3, -0.25) is 4.79 Å². The molecule has 0 unspecified atom stereocenters. The van der Waals surface area contributed by atoms with Crippen LogP contribution < -0.4 is 5.32 Å². The lowest BCUT2D eigenvalue weighted by atomic mass is 9.55. The van der Waals surface area contributed by atoms with Gasteiger partial charge in [-0.05, 0) is 68.9 Å². The average molecular weight is 372 g/mol. The van der Waals surface area contributed by atoms with Crippen LogP contribution in [0, 0.1) is 23.2 Å². The smallest absolute Gasteiger partial charge is 0.310 e. The van der Waals surface area contributed by atoms with E-state index in [0.29, 0.717) is 17.9 Å². The van der Waals surface area contributed by atoms with E-state index in [1.54, 1.807) is 6.26 Å². The molecule has 4 rings (SSSR count). The van der Waals surface area contributed by atoms with Gasteiger partial charge in [0, 0.05) is 24.9 Å². The summed E-state index contributed by atoms with van der Waals surface area (Å²) in [5, 5.41) is 3.58. The first-order valence-corrected chi connectivity index (χ1v) is 10.6. The molecule has 0 bridgehead atoms. The van der Waals surface area contributed by atoms with E-state index in [0.717, 1.165) is 44.4 Å². The van der Waals surface area contributed by atoms with Gasteiger partial charge in [0.25, 0.3) is 0 Å². The van der Waals surface area contributed by atoms with Gasteiger partial charge in [-0.2, -0.15) is 0 Å². The zero-order valence-corrected chi connectivity index (χ0v) is 16.7. The highest BCUT2D eigenvalue weighted by Crippen LogP contribution is 2.56. The van der Waals surface area contributed by atoms with E-state index >= 15 is 0 Å². The molecule has 27 heavy (non-hydrogen) atoms. The van der Waals surface area contributed by atoms with Gasteiger partial charge in [0.2, 0.25) is 0 Å². The Morgan fingerprint density at radius 1 is 1.44 bits per heavy atom. The van der Waals surface area contributed by atoms with E-state index in [-0.39, 0.29) is 23.4 Å². The Morgan fingerprint density at radius 3 is 3.07 bits per heavy atom. The van der Waals surface area contributed by atoms with Crippen LogP contribution in [0.15, 0.2) is 35.0 Å². The maximum Gasteiger partial charge on any atom is 0.310 e. The number of esters is 1. The minimum absolute atomic E-state index is 0.00333. The molecule has 3 fully saturated rings. The SMILES string of the molecule is C=C1CCC[C@]2(C)C[C@@H]3OC(=O)[C@H](CN[C@H](C)CCc4ccco4)[C@@H]3C[C@@H]12. The van der Waals surface area contributed by atoms with Crippen LogP contribution in [0.4, 0.5) is 0 Å². The van der Waals surface area contributed by atoms with Crippen molar-refractivity contribution in [2.24, 2.45) is 23.2 Å². The molecule has 6 atom stereocenters. The second-order valence-electron chi connectivity index (χ2n) is 9.33. The van der Waals surface area contributed by atoms with Crippen molar-refractivity contribution in [2.75, 3.05) is 6.54 Å². The van der Waals surface area contributed by atoms with Crippen molar-refractivity contribution < 1.29 is 13.9 Å². The van der Waals surface area contributed by atoms with E-state index in [1.807, 2.05) is 12.1 Å². The maximum atomic E-state index is 12.6. The topological polar surface area (TPSA) is 51.5 Å². The molecule has 0 radical (unpaired) electrons. The third-order valence-corrected chi connectivity index (χ3v) is 7.41. The van der Waals surface area contributed by atoms with E-state index in [9.17, 15) is 4.79 Å². The van der Waals surface area contributed by atoms with Crippen molar-refractivity contribution >= 4 is 5.97 Å². The summed E-state index contributed by atoms with van der Waals surface area (Å²) >= 11 is 0. The largest absolute Gasteiger partial charge is 0.469 e. The van der Waals surface area contributed by atoms with Crippen molar-refractivity contribution in [3.05, 3.63) is 36.3 Å². The van der Waals surface area contributed by atoms with Crippen LogP contribution in [-0.2, 0) is 16.0 Å². The molecule has 1 aromatic heterocycles. The number of carbonyl (C=O) groups excluding carboxylic acids is 1. The molecule has 1 aliphatic heterocycles. The molecule has 0 aromatic carbocycles. The summed E-state index contributed by atoms with van der Waals surface area (Å²) in [7, 11) is 0. The normalized spacial score (nSPS) is 36.8. The van der Waals surface area contributed by atoms with Gasteiger partial charge >= 0.3 is 5.97 Å². The second-order valence-corrected chi connectivity index (χ2v) is 9.33. The number of rotatable bonds is 6. The summed E-state index contributed by atoms with van der Waals surface area (Å²) in [5.74, 6) is 1.91. The molecule has 1 aromatic rings. The Labute approximate surface area is 162 Å². The van der Waals surface area contributed by atoms with Crippen LogP contribution in [0.2, 0.25) is 0 Å². The zero-order valence-electron chi connectivity index (χ0n) is 16.7. The van der Waals surface area contributed by atoms with Crippen molar-refractivity contribution in [1.82, 2.24) is 5.32 Å². The van der Waals surface area contributed by atoms with Gasteiger partial charge in [0.1, 0.15) is 11.9 Å². The minimum atomic E-state index is -0.0136. The van der Waals surface area contributed by atoms with E-state index in [2.05, 4.69) is 25.7 Å². The number of nitrogens with one attached hydrogen (secondary N) is 1. The van der Waals surface area contributed by atoms with Gasteiger partial charge in [0.15, 0.2) is 0 Å². The minimum Gasteiger partial charge on any atom is -0.469 e. The first-order valence-electron chi connectivity index (χ1n) is 10.6.